The molecule has 0 saturated carbocycles. The molecule has 1 nitrogen and oxygen atoms in total. The van der Waals surface area contributed by atoms with Gasteiger partial charge in [0.1, 0.15) is 0 Å². The monoisotopic (exact) mass is 182 g/mol. The number of rotatable bonds is 2. The van der Waals surface area contributed by atoms with Gasteiger partial charge in [-0.25, -0.2) is 0 Å². The van der Waals surface area contributed by atoms with E-state index in [4.69, 9.17) is 16.7 Å². The SMILES string of the molecule is Cc1ccc(/C=C/CO)c(Cl)c1. The Balaban J connectivity index is 2.94. The van der Waals surface area contributed by atoms with E-state index < -0.39 is 0 Å². The van der Waals surface area contributed by atoms with Gasteiger partial charge in [0.05, 0.1) is 6.61 Å². The highest BCUT2D eigenvalue weighted by Gasteiger charge is 1.94. The van der Waals surface area contributed by atoms with E-state index in [1.807, 2.05) is 31.2 Å². The van der Waals surface area contributed by atoms with Gasteiger partial charge in [-0.15, -0.1) is 0 Å². The minimum Gasteiger partial charge on any atom is -0.392 e. The molecule has 0 unspecified atom stereocenters. The van der Waals surface area contributed by atoms with E-state index in [0.29, 0.717) is 0 Å². The number of aliphatic hydroxyl groups is 1. The summed E-state index contributed by atoms with van der Waals surface area (Å²) >= 11 is 5.93. The third-order valence-corrected chi connectivity index (χ3v) is 1.89. The van der Waals surface area contributed by atoms with Crippen molar-refractivity contribution in [3.05, 3.63) is 40.4 Å². The molecular weight excluding hydrogens is 172 g/mol. The van der Waals surface area contributed by atoms with Crippen molar-refractivity contribution < 1.29 is 5.11 Å². The lowest BCUT2D eigenvalue weighted by atomic mass is 10.1. The van der Waals surface area contributed by atoms with Crippen LogP contribution in [0.3, 0.4) is 0 Å². The van der Waals surface area contributed by atoms with Gasteiger partial charge in [0.15, 0.2) is 0 Å². The molecule has 2 heteroatoms. The summed E-state index contributed by atoms with van der Waals surface area (Å²) in [5.74, 6) is 0. The van der Waals surface area contributed by atoms with Crippen molar-refractivity contribution in [3.63, 3.8) is 0 Å². The van der Waals surface area contributed by atoms with E-state index in [-0.39, 0.29) is 6.61 Å². The Kier molecular flexibility index (Phi) is 3.32. The zero-order valence-corrected chi connectivity index (χ0v) is 7.67. The third kappa shape index (κ3) is 2.36. The largest absolute Gasteiger partial charge is 0.392 e. The minimum absolute atomic E-state index is 0.0458. The lowest BCUT2D eigenvalue weighted by Gasteiger charge is -1.98. The topological polar surface area (TPSA) is 20.2 Å². The van der Waals surface area contributed by atoms with Gasteiger partial charge in [-0.2, -0.15) is 0 Å². The molecule has 0 bridgehead atoms. The normalized spacial score (nSPS) is 10.9. The molecule has 0 fully saturated rings. The first-order valence-electron chi connectivity index (χ1n) is 3.77. The number of benzene rings is 1. The predicted octanol–water partition coefficient (Wildman–Crippen LogP) is 2.65. The van der Waals surface area contributed by atoms with Crippen LogP contribution in [0.4, 0.5) is 0 Å². The van der Waals surface area contributed by atoms with Crippen molar-refractivity contribution in [3.8, 4) is 0 Å². The van der Waals surface area contributed by atoms with Gasteiger partial charge in [0.2, 0.25) is 0 Å². The molecule has 0 amide bonds. The van der Waals surface area contributed by atoms with Gasteiger partial charge in [-0.3, -0.25) is 0 Å². The van der Waals surface area contributed by atoms with E-state index in [2.05, 4.69) is 0 Å². The first kappa shape index (κ1) is 9.30. The molecular formula is C10H11ClO. The molecule has 12 heavy (non-hydrogen) atoms. The number of aliphatic hydroxyl groups excluding tert-OH is 1. The second kappa shape index (κ2) is 4.29. The van der Waals surface area contributed by atoms with Gasteiger partial charge in [-0.05, 0) is 24.1 Å². The molecule has 0 aromatic heterocycles. The maximum atomic E-state index is 8.54. The van der Waals surface area contributed by atoms with Crippen LogP contribution in [-0.2, 0) is 0 Å². The van der Waals surface area contributed by atoms with Crippen LogP contribution in [0.2, 0.25) is 5.02 Å². The number of hydrogen-bond donors (Lipinski definition) is 1. The zero-order valence-electron chi connectivity index (χ0n) is 6.92. The Labute approximate surface area is 77.3 Å². The smallest absolute Gasteiger partial charge is 0.0615 e. The second-order valence-electron chi connectivity index (χ2n) is 2.61. The van der Waals surface area contributed by atoms with Crippen molar-refractivity contribution in [1.82, 2.24) is 0 Å². The fraction of sp³-hybridized carbons (Fsp3) is 0.200. The maximum Gasteiger partial charge on any atom is 0.0615 e. The minimum atomic E-state index is 0.0458. The van der Waals surface area contributed by atoms with E-state index in [1.165, 1.54) is 0 Å². The first-order chi connectivity index (χ1) is 5.74. The fourth-order valence-corrected chi connectivity index (χ4v) is 1.25. The van der Waals surface area contributed by atoms with Crippen molar-refractivity contribution in [2.24, 2.45) is 0 Å². The summed E-state index contributed by atoms with van der Waals surface area (Å²) < 4.78 is 0. The van der Waals surface area contributed by atoms with Gasteiger partial charge in [-0.1, -0.05) is 35.9 Å². The molecule has 0 heterocycles. The van der Waals surface area contributed by atoms with Crippen LogP contribution in [-0.4, -0.2) is 11.7 Å². The van der Waals surface area contributed by atoms with Crippen LogP contribution in [0, 0.1) is 6.92 Å². The summed E-state index contributed by atoms with van der Waals surface area (Å²) in [6, 6.07) is 5.82. The quantitative estimate of drug-likeness (QED) is 0.746. The van der Waals surface area contributed by atoms with E-state index in [9.17, 15) is 0 Å². The second-order valence-corrected chi connectivity index (χ2v) is 3.02. The number of aryl methyl sites for hydroxylation is 1. The average molecular weight is 183 g/mol. The van der Waals surface area contributed by atoms with Crippen molar-refractivity contribution in [2.45, 2.75) is 6.92 Å². The number of hydrogen-bond acceptors (Lipinski definition) is 1. The van der Waals surface area contributed by atoms with Crippen LogP contribution in [0.15, 0.2) is 24.3 Å². The molecule has 0 aliphatic rings. The Morgan fingerprint density at radius 2 is 2.25 bits per heavy atom. The Hall–Kier alpha value is -0.790. The zero-order chi connectivity index (χ0) is 8.97. The van der Waals surface area contributed by atoms with Crippen molar-refractivity contribution in [2.75, 3.05) is 6.61 Å². The molecule has 0 atom stereocenters. The summed E-state index contributed by atoms with van der Waals surface area (Å²) in [5, 5.41) is 9.27. The van der Waals surface area contributed by atoms with Crippen LogP contribution >= 0.6 is 11.6 Å². The molecule has 0 saturated heterocycles. The van der Waals surface area contributed by atoms with Crippen molar-refractivity contribution >= 4 is 17.7 Å². The molecule has 0 radical (unpaired) electrons. The molecule has 1 aromatic carbocycles. The van der Waals surface area contributed by atoms with Gasteiger partial charge < -0.3 is 5.11 Å². The molecule has 0 spiro atoms. The Morgan fingerprint density at radius 3 is 2.83 bits per heavy atom. The molecule has 0 aliphatic heterocycles. The highest BCUT2D eigenvalue weighted by Crippen LogP contribution is 2.18. The highest BCUT2D eigenvalue weighted by atomic mass is 35.5. The standard InChI is InChI=1S/C10H11ClO/c1-8-4-5-9(3-2-6-12)10(11)7-8/h2-5,7,12H,6H2,1H3/b3-2+. The Morgan fingerprint density at radius 1 is 1.50 bits per heavy atom. The van der Waals surface area contributed by atoms with Crippen LogP contribution < -0.4 is 0 Å². The van der Waals surface area contributed by atoms with Gasteiger partial charge in [0, 0.05) is 5.02 Å². The van der Waals surface area contributed by atoms with E-state index in [1.54, 1.807) is 6.08 Å². The fourth-order valence-electron chi connectivity index (χ4n) is 0.947. The summed E-state index contributed by atoms with van der Waals surface area (Å²) in [5.41, 5.74) is 2.08. The Bertz CT molecular complexity index is 292. The summed E-state index contributed by atoms with van der Waals surface area (Å²) in [6.45, 7) is 2.04. The lowest BCUT2D eigenvalue weighted by Crippen LogP contribution is -1.78. The van der Waals surface area contributed by atoms with Gasteiger partial charge >= 0.3 is 0 Å². The average Bonchev–Trinajstić information content (AvgIpc) is 2.03. The predicted molar refractivity (Wildman–Crippen MR) is 52.3 cm³/mol. The molecule has 1 aromatic rings. The summed E-state index contributed by atoms with van der Waals surface area (Å²) in [4.78, 5) is 0. The third-order valence-electron chi connectivity index (χ3n) is 1.56. The summed E-state index contributed by atoms with van der Waals surface area (Å²) in [7, 11) is 0. The highest BCUT2D eigenvalue weighted by molar-refractivity contribution is 6.32. The van der Waals surface area contributed by atoms with Crippen LogP contribution in [0.25, 0.3) is 6.08 Å². The first-order valence-corrected chi connectivity index (χ1v) is 4.15. The lowest BCUT2D eigenvalue weighted by molar-refractivity contribution is 0.343. The summed E-state index contributed by atoms with van der Waals surface area (Å²) in [6.07, 6.45) is 3.47. The molecule has 1 N–H and O–H groups in total. The molecule has 0 aliphatic carbocycles. The molecule has 1 rings (SSSR count). The van der Waals surface area contributed by atoms with Crippen LogP contribution in [0.5, 0.6) is 0 Å². The van der Waals surface area contributed by atoms with Crippen LogP contribution in [0.1, 0.15) is 11.1 Å². The van der Waals surface area contributed by atoms with Crippen molar-refractivity contribution in [1.29, 1.82) is 0 Å². The van der Waals surface area contributed by atoms with E-state index in [0.717, 1.165) is 16.1 Å². The maximum absolute atomic E-state index is 8.54. The van der Waals surface area contributed by atoms with E-state index >= 15 is 0 Å². The number of halogens is 1. The van der Waals surface area contributed by atoms with Gasteiger partial charge in [0.25, 0.3) is 0 Å². The molecule has 64 valence electrons.